The van der Waals surface area contributed by atoms with Crippen LogP contribution in [0.2, 0.25) is 5.02 Å². The molecule has 0 spiro atoms. The average Bonchev–Trinajstić information content (AvgIpc) is 3.10. The SMILES string of the molecule is CS(=O)(=O)c1cc(Cl)cc(NC(=O)c2cc(-c3ncccc3C(F)(F)F)cs2)c1. The molecule has 3 aromatic rings. The average molecular weight is 461 g/mol. The van der Waals surface area contributed by atoms with E-state index in [-0.39, 0.29) is 31.7 Å². The third-order valence-corrected chi connectivity index (χ3v) is 6.01. The number of nitrogens with zero attached hydrogens (tertiary/aromatic N) is 1. The molecule has 11 heteroatoms. The standard InChI is InChI=1S/C18H12ClF3N2O3S2/c1-29(26,27)13-7-11(19)6-12(8-13)24-17(25)15-5-10(9-28-15)16-14(18(20,21)22)3-2-4-23-16/h2-9H,1H3,(H,24,25). The number of benzene rings is 1. The van der Waals surface area contributed by atoms with Crippen LogP contribution in [-0.2, 0) is 16.0 Å². The summed E-state index contributed by atoms with van der Waals surface area (Å²) in [5.74, 6) is -0.618. The fourth-order valence-electron chi connectivity index (χ4n) is 2.49. The summed E-state index contributed by atoms with van der Waals surface area (Å²) in [6.45, 7) is 0. The van der Waals surface area contributed by atoms with Gasteiger partial charge in [0.25, 0.3) is 5.91 Å². The Hall–Kier alpha value is -2.43. The van der Waals surface area contributed by atoms with E-state index >= 15 is 0 Å². The number of hydrogen-bond donors (Lipinski definition) is 1. The number of carbonyl (C=O) groups is 1. The summed E-state index contributed by atoms with van der Waals surface area (Å²) in [5.41, 5.74) is -0.891. The first kappa shape index (κ1) is 21.3. The van der Waals surface area contributed by atoms with Crippen LogP contribution in [0.15, 0.2) is 52.9 Å². The van der Waals surface area contributed by atoms with Crippen molar-refractivity contribution in [2.24, 2.45) is 0 Å². The zero-order chi connectivity index (χ0) is 21.4. The number of alkyl halides is 3. The van der Waals surface area contributed by atoms with Gasteiger partial charge in [-0.3, -0.25) is 9.78 Å². The van der Waals surface area contributed by atoms with Gasteiger partial charge in [0.1, 0.15) is 0 Å². The molecule has 0 unspecified atom stereocenters. The van der Waals surface area contributed by atoms with Gasteiger partial charge in [-0.05, 0) is 36.4 Å². The quantitative estimate of drug-likeness (QED) is 0.585. The normalized spacial score (nSPS) is 12.0. The van der Waals surface area contributed by atoms with E-state index in [1.807, 2.05) is 0 Å². The fourth-order valence-corrected chi connectivity index (χ4v) is 4.25. The van der Waals surface area contributed by atoms with Gasteiger partial charge >= 0.3 is 6.18 Å². The molecule has 0 aliphatic carbocycles. The number of pyridine rings is 1. The van der Waals surface area contributed by atoms with Crippen molar-refractivity contribution >= 4 is 44.4 Å². The first-order chi connectivity index (χ1) is 13.4. The van der Waals surface area contributed by atoms with Gasteiger partial charge < -0.3 is 5.32 Å². The molecule has 0 saturated carbocycles. The molecule has 29 heavy (non-hydrogen) atoms. The fraction of sp³-hybridized carbons (Fsp3) is 0.111. The van der Waals surface area contributed by atoms with E-state index in [4.69, 9.17) is 11.6 Å². The van der Waals surface area contributed by atoms with Gasteiger partial charge in [-0.25, -0.2) is 8.42 Å². The van der Waals surface area contributed by atoms with Crippen molar-refractivity contribution in [2.75, 3.05) is 11.6 Å². The summed E-state index contributed by atoms with van der Waals surface area (Å²) in [4.78, 5) is 16.3. The van der Waals surface area contributed by atoms with Crippen LogP contribution in [0.25, 0.3) is 11.3 Å². The van der Waals surface area contributed by atoms with Crippen LogP contribution in [-0.4, -0.2) is 25.6 Å². The summed E-state index contributed by atoms with van der Waals surface area (Å²) in [5, 5.41) is 4.01. The molecule has 0 bridgehead atoms. The number of aromatic nitrogens is 1. The molecule has 5 nitrogen and oxygen atoms in total. The van der Waals surface area contributed by atoms with Crippen LogP contribution in [0.3, 0.4) is 0 Å². The highest BCUT2D eigenvalue weighted by atomic mass is 35.5. The van der Waals surface area contributed by atoms with Crippen molar-refractivity contribution in [2.45, 2.75) is 11.1 Å². The number of rotatable bonds is 4. The minimum atomic E-state index is -4.59. The Morgan fingerprint density at radius 3 is 2.59 bits per heavy atom. The molecule has 0 atom stereocenters. The van der Waals surface area contributed by atoms with Gasteiger partial charge in [-0.15, -0.1) is 11.3 Å². The third kappa shape index (κ3) is 4.95. The number of nitrogens with one attached hydrogen (secondary N) is 1. The second-order valence-corrected chi connectivity index (χ2v) is 9.36. The largest absolute Gasteiger partial charge is 0.418 e. The number of thiophene rings is 1. The Labute approximate surface area is 173 Å². The molecule has 2 aromatic heterocycles. The highest BCUT2D eigenvalue weighted by Crippen LogP contribution is 2.37. The van der Waals surface area contributed by atoms with Gasteiger partial charge in [0.05, 0.1) is 21.0 Å². The maximum absolute atomic E-state index is 13.2. The predicted octanol–water partition coefficient (Wildman–Crippen LogP) is 5.14. The minimum Gasteiger partial charge on any atom is -0.321 e. The van der Waals surface area contributed by atoms with Gasteiger partial charge in [0.15, 0.2) is 9.84 Å². The molecule has 0 aliphatic rings. The van der Waals surface area contributed by atoms with E-state index < -0.39 is 27.5 Å². The first-order valence-electron chi connectivity index (χ1n) is 7.88. The second-order valence-electron chi connectivity index (χ2n) is 6.00. The summed E-state index contributed by atoms with van der Waals surface area (Å²) < 4.78 is 62.9. The Balaban J connectivity index is 1.89. The Bertz CT molecular complexity index is 1190. The lowest BCUT2D eigenvalue weighted by atomic mass is 10.1. The first-order valence-corrected chi connectivity index (χ1v) is 11.0. The van der Waals surface area contributed by atoms with Gasteiger partial charge in [0, 0.05) is 34.1 Å². The molecule has 1 N–H and O–H groups in total. The monoisotopic (exact) mass is 460 g/mol. The zero-order valence-electron chi connectivity index (χ0n) is 14.6. The van der Waals surface area contributed by atoms with Crippen LogP contribution >= 0.6 is 22.9 Å². The Kier molecular flexibility index (Phi) is 5.70. The summed E-state index contributed by atoms with van der Waals surface area (Å²) >= 11 is 6.84. The molecule has 3 rings (SSSR count). The molecule has 0 radical (unpaired) electrons. The Morgan fingerprint density at radius 1 is 1.21 bits per heavy atom. The number of halogens is 4. The Morgan fingerprint density at radius 2 is 1.93 bits per heavy atom. The number of anilines is 1. The maximum Gasteiger partial charge on any atom is 0.418 e. The summed E-state index contributed by atoms with van der Waals surface area (Å²) in [6, 6.07) is 7.25. The number of sulfone groups is 1. The van der Waals surface area contributed by atoms with Crippen molar-refractivity contribution in [1.29, 1.82) is 0 Å². The predicted molar refractivity (Wildman–Crippen MR) is 105 cm³/mol. The summed E-state index contributed by atoms with van der Waals surface area (Å²) in [6.07, 6.45) is -2.35. The topological polar surface area (TPSA) is 76.1 Å². The van der Waals surface area contributed by atoms with Gasteiger partial charge in [-0.2, -0.15) is 13.2 Å². The van der Waals surface area contributed by atoms with Crippen LogP contribution < -0.4 is 5.32 Å². The minimum absolute atomic E-state index is 0.0736. The molecular weight excluding hydrogens is 449 g/mol. The third-order valence-electron chi connectivity index (χ3n) is 3.77. The smallest absolute Gasteiger partial charge is 0.321 e. The van der Waals surface area contributed by atoms with Crippen LogP contribution in [0, 0.1) is 0 Å². The van der Waals surface area contributed by atoms with Crippen molar-refractivity contribution in [3.05, 3.63) is 63.4 Å². The van der Waals surface area contributed by atoms with Crippen molar-refractivity contribution in [3.8, 4) is 11.3 Å². The van der Waals surface area contributed by atoms with E-state index in [0.29, 0.717) is 0 Å². The molecule has 0 saturated heterocycles. The van der Waals surface area contributed by atoms with Crippen molar-refractivity contribution in [3.63, 3.8) is 0 Å². The van der Waals surface area contributed by atoms with E-state index in [2.05, 4.69) is 10.3 Å². The van der Waals surface area contributed by atoms with E-state index in [9.17, 15) is 26.4 Å². The van der Waals surface area contributed by atoms with E-state index in [1.165, 1.54) is 41.9 Å². The lowest BCUT2D eigenvalue weighted by molar-refractivity contribution is -0.137. The van der Waals surface area contributed by atoms with Gasteiger partial charge in [0.2, 0.25) is 0 Å². The molecule has 1 aromatic carbocycles. The molecule has 0 fully saturated rings. The molecular formula is C18H12ClF3N2O3S2. The highest BCUT2D eigenvalue weighted by molar-refractivity contribution is 7.90. The second kappa shape index (κ2) is 7.77. The summed E-state index contributed by atoms with van der Waals surface area (Å²) in [7, 11) is -3.55. The lowest BCUT2D eigenvalue weighted by Gasteiger charge is -2.10. The molecule has 0 aliphatic heterocycles. The van der Waals surface area contributed by atoms with Crippen LogP contribution in [0.4, 0.5) is 18.9 Å². The lowest BCUT2D eigenvalue weighted by Crippen LogP contribution is -2.11. The molecule has 152 valence electrons. The van der Waals surface area contributed by atoms with Gasteiger partial charge in [-0.1, -0.05) is 11.6 Å². The zero-order valence-corrected chi connectivity index (χ0v) is 17.0. The number of carbonyl (C=O) groups excluding carboxylic acids is 1. The molecule has 2 heterocycles. The number of hydrogen-bond acceptors (Lipinski definition) is 5. The van der Waals surface area contributed by atoms with E-state index in [1.54, 1.807) is 0 Å². The van der Waals surface area contributed by atoms with Crippen LogP contribution in [0.5, 0.6) is 0 Å². The van der Waals surface area contributed by atoms with Crippen molar-refractivity contribution in [1.82, 2.24) is 4.98 Å². The van der Waals surface area contributed by atoms with Crippen LogP contribution in [0.1, 0.15) is 15.2 Å². The van der Waals surface area contributed by atoms with Crippen molar-refractivity contribution < 1.29 is 26.4 Å². The highest BCUT2D eigenvalue weighted by Gasteiger charge is 2.34. The van der Waals surface area contributed by atoms with E-state index in [0.717, 1.165) is 23.7 Å². The number of amides is 1. The maximum atomic E-state index is 13.2. The molecule has 1 amide bonds.